The number of urea groups is 1. The van der Waals surface area contributed by atoms with Crippen LogP contribution in [-0.4, -0.2) is 31.1 Å². The van der Waals surface area contributed by atoms with Gasteiger partial charge in [-0.15, -0.1) is 0 Å². The van der Waals surface area contributed by atoms with Crippen LogP contribution in [0.25, 0.3) is 0 Å². The second-order valence-electron chi connectivity index (χ2n) is 8.27. The Balaban J connectivity index is 1.57. The number of rotatable bonds is 13. The Morgan fingerprint density at radius 2 is 1.43 bits per heavy atom. The summed E-state index contributed by atoms with van der Waals surface area (Å²) in [5, 5.41) is 8.55. The summed E-state index contributed by atoms with van der Waals surface area (Å²) < 4.78 is 5.84. The summed E-state index contributed by atoms with van der Waals surface area (Å²) in [5.41, 5.74) is 8.53. The van der Waals surface area contributed by atoms with E-state index in [1.54, 1.807) is 0 Å². The first kappa shape index (κ1) is 25.8. The second kappa shape index (κ2) is 14.4. The Hall–Kier alpha value is -3.84. The van der Waals surface area contributed by atoms with Crippen molar-refractivity contribution >= 4 is 11.9 Å². The molecule has 0 aliphatic carbocycles. The van der Waals surface area contributed by atoms with Gasteiger partial charge >= 0.3 is 6.03 Å². The molecule has 184 valence electrons. The van der Waals surface area contributed by atoms with Crippen LogP contribution in [0.3, 0.4) is 0 Å². The van der Waals surface area contributed by atoms with Crippen LogP contribution in [0.15, 0.2) is 84.9 Å². The molecule has 3 aromatic carbocycles. The summed E-state index contributed by atoms with van der Waals surface area (Å²) in [4.78, 5) is 25.4. The van der Waals surface area contributed by atoms with E-state index >= 15 is 0 Å². The normalized spacial score (nSPS) is 11.3. The zero-order valence-corrected chi connectivity index (χ0v) is 19.9. The molecule has 0 unspecified atom stereocenters. The minimum atomic E-state index is -0.709. The Morgan fingerprint density at radius 1 is 0.771 bits per heavy atom. The summed E-state index contributed by atoms with van der Waals surface area (Å²) in [6.45, 7) is 1.96. The highest BCUT2D eigenvalue weighted by molar-refractivity contribution is 5.87. The van der Waals surface area contributed by atoms with Crippen molar-refractivity contribution in [3.05, 3.63) is 102 Å². The third-order valence-electron chi connectivity index (χ3n) is 5.46. The molecule has 0 spiro atoms. The van der Waals surface area contributed by atoms with Gasteiger partial charge in [0.1, 0.15) is 18.4 Å². The minimum absolute atomic E-state index is 0.221. The Kier molecular flexibility index (Phi) is 10.6. The molecule has 0 heterocycles. The van der Waals surface area contributed by atoms with E-state index in [1.165, 1.54) is 0 Å². The van der Waals surface area contributed by atoms with Gasteiger partial charge in [0.2, 0.25) is 5.91 Å². The summed E-state index contributed by atoms with van der Waals surface area (Å²) in [7, 11) is 0. The molecule has 3 rings (SSSR count). The molecule has 0 aliphatic rings. The summed E-state index contributed by atoms with van der Waals surface area (Å²) in [6.07, 6.45) is 1.99. The first-order chi connectivity index (χ1) is 17.1. The van der Waals surface area contributed by atoms with Crippen molar-refractivity contribution in [2.24, 2.45) is 5.73 Å². The number of nitrogens with one attached hydrogen (secondary N) is 3. The van der Waals surface area contributed by atoms with Gasteiger partial charge in [-0.05, 0) is 48.2 Å². The van der Waals surface area contributed by atoms with Crippen LogP contribution < -0.4 is 26.4 Å². The van der Waals surface area contributed by atoms with Crippen molar-refractivity contribution in [2.45, 2.75) is 38.5 Å². The molecule has 0 aliphatic heterocycles. The number of carbonyl (C=O) groups is 2. The lowest BCUT2D eigenvalue weighted by Gasteiger charge is -2.19. The van der Waals surface area contributed by atoms with Crippen LogP contribution in [0, 0.1) is 0 Å². The Labute approximate surface area is 207 Å². The molecule has 0 aromatic heterocycles. The van der Waals surface area contributed by atoms with Gasteiger partial charge in [-0.3, -0.25) is 4.79 Å². The topological polar surface area (TPSA) is 105 Å². The fraction of sp³-hybridized carbons (Fsp3) is 0.286. The van der Waals surface area contributed by atoms with E-state index in [0.29, 0.717) is 32.7 Å². The minimum Gasteiger partial charge on any atom is -0.489 e. The molecule has 3 amide bonds. The number of nitrogens with two attached hydrogens (primary N) is 1. The smallest absolute Gasteiger partial charge is 0.315 e. The fourth-order valence-corrected chi connectivity index (χ4v) is 3.50. The van der Waals surface area contributed by atoms with Crippen molar-refractivity contribution in [3.63, 3.8) is 0 Å². The molecule has 7 nitrogen and oxygen atoms in total. The van der Waals surface area contributed by atoms with Crippen LogP contribution in [0.1, 0.15) is 29.5 Å². The predicted molar refractivity (Wildman–Crippen MR) is 138 cm³/mol. The molecule has 5 N–H and O–H groups in total. The van der Waals surface area contributed by atoms with Gasteiger partial charge in [-0.1, -0.05) is 72.8 Å². The molecule has 0 saturated carbocycles. The number of hydrogen-bond acceptors (Lipinski definition) is 4. The van der Waals surface area contributed by atoms with Crippen LogP contribution in [-0.2, 0) is 24.4 Å². The quantitative estimate of drug-likeness (QED) is 0.284. The van der Waals surface area contributed by atoms with E-state index in [0.717, 1.165) is 35.3 Å². The highest BCUT2D eigenvalue weighted by atomic mass is 16.5. The van der Waals surface area contributed by atoms with E-state index in [2.05, 4.69) is 16.0 Å². The van der Waals surface area contributed by atoms with Gasteiger partial charge in [0, 0.05) is 19.5 Å². The first-order valence-corrected chi connectivity index (χ1v) is 12.0. The first-order valence-electron chi connectivity index (χ1n) is 12.0. The zero-order valence-electron chi connectivity index (χ0n) is 19.9. The largest absolute Gasteiger partial charge is 0.489 e. The Bertz CT molecular complexity index is 1030. The predicted octanol–water partition coefficient (Wildman–Crippen LogP) is 3.53. The van der Waals surface area contributed by atoms with E-state index in [-0.39, 0.29) is 5.91 Å². The molecule has 0 radical (unpaired) electrons. The van der Waals surface area contributed by atoms with Crippen LogP contribution in [0.2, 0.25) is 0 Å². The van der Waals surface area contributed by atoms with Crippen molar-refractivity contribution in [1.29, 1.82) is 0 Å². The van der Waals surface area contributed by atoms with Crippen molar-refractivity contribution < 1.29 is 14.3 Å². The Morgan fingerprint density at radius 3 is 2.09 bits per heavy atom. The number of carbonyl (C=O) groups excluding carboxylic acids is 2. The highest BCUT2D eigenvalue weighted by Crippen LogP contribution is 2.15. The highest BCUT2D eigenvalue weighted by Gasteiger charge is 2.21. The maximum absolute atomic E-state index is 12.8. The number of amides is 3. The van der Waals surface area contributed by atoms with Crippen molar-refractivity contribution in [3.8, 4) is 5.75 Å². The van der Waals surface area contributed by atoms with Crippen LogP contribution >= 0.6 is 0 Å². The molecular weight excluding hydrogens is 440 g/mol. The van der Waals surface area contributed by atoms with Gasteiger partial charge in [0.05, 0.1) is 0 Å². The molecule has 7 heteroatoms. The summed E-state index contributed by atoms with van der Waals surface area (Å²) in [5.74, 6) is 0.523. The van der Waals surface area contributed by atoms with Gasteiger partial charge in [-0.25, -0.2) is 4.79 Å². The van der Waals surface area contributed by atoms with Gasteiger partial charge in [0.25, 0.3) is 0 Å². The monoisotopic (exact) mass is 474 g/mol. The number of unbranched alkanes of at least 4 members (excludes halogenated alkanes) is 1. The average Bonchev–Trinajstić information content (AvgIpc) is 2.90. The lowest BCUT2D eigenvalue weighted by molar-refractivity contribution is -0.122. The molecule has 0 saturated heterocycles. The fourth-order valence-electron chi connectivity index (χ4n) is 3.50. The molecule has 3 aromatic rings. The maximum atomic E-state index is 12.8. The molecule has 0 fully saturated rings. The zero-order chi connectivity index (χ0) is 24.7. The third-order valence-corrected chi connectivity index (χ3v) is 5.46. The van der Waals surface area contributed by atoms with Crippen LogP contribution in [0.5, 0.6) is 5.75 Å². The number of benzene rings is 3. The number of hydrogen-bond donors (Lipinski definition) is 4. The average molecular weight is 475 g/mol. The standard InChI is InChI=1S/C28H34N4O3/c29-17-7-8-18-30-27(33)26(32-28(34)31-20-23-9-3-1-4-10-23)19-22-13-15-25(16-14-22)35-21-24-11-5-2-6-12-24/h1-6,9-16,26H,7-8,17-21,29H2,(H,30,33)(H2,31,32,34)/t26-/m0/s1. The van der Waals surface area contributed by atoms with E-state index < -0.39 is 12.1 Å². The molecule has 1 atom stereocenters. The van der Waals surface area contributed by atoms with Gasteiger partial charge in [-0.2, -0.15) is 0 Å². The second-order valence-corrected chi connectivity index (χ2v) is 8.27. The van der Waals surface area contributed by atoms with Gasteiger partial charge in [0.15, 0.2) is 0 Å². The van der Waals surface area contributed by atoms with E-state index in [9.17, 15) is 9.59 Å². The molecule has 0 bridgehead atoms. The van der Waals surface area contributed by atoms with Crippen LogP contribution in [0.4, 0.5) is 4.79 Å². The van der Waals surface area contributed by atoms with E-state index in [1.807, 2.05) is 84.9 Å². The van der Waals surface area contributed by atoms with Crippen molar-refractivity contribution in [2.75, 3.05) is 13.1 Å². The molecule has 35 heavy (non-hydrogen) atoms. The maximum Gasteiger partial charge on any atom is 0.315 e. The van der Waals surface area contributed by atoms with E-state index in [4.69, 9.17) is 10.5 Å². The molecular formula is C28H34N4O3. The lowest BCUT2D eigenvalue weighted by atomic mass is 10.0. The summed E-state index contributed by atoms with van der Waals surface area (Å²) in [6, 6.07) is 26.1. The number of ether oxygens (including phenoxy) is 1. The van der Waals surface area contributed by atoms with Gasteiger partial charge < -0.3 is 26.4 Å². The SMILES string of the molecule is NCCCCNC(=O)[C@H](Cc1ccc(OCc2ccccc2)cc1)NC(=O)NCc1ccccc1. The summed E-state index contributed by atoms with van der Waals surface area (Å²) >= 11 is 0. The lowest BCUT2D eigenvalue weighted by Crippen LogP contribution is -2.51. The third kappa shape index (κ3) is 9.51. The van der Waals surface area contributed by atoms with Crippen molar-refractivity contribution in [1.82, 2.24) is 16.0 Å².